The van der Waals surface area contributed by atoms with Crippen molar-refractivity contribution < 1.29 is 0 Å². The van der Waals surface area contributed by atoms with Gasteiger partial charge in [0.15, 0.2) is 0 Å². The third kappa shape index (κ3) is 2.36. The molecule has 4 nitrogen and oxygen atoms in total. The number of nitrogens with zero attached hydrogens (tertiary/aromatic N) is 3. The van der Waals surface area contributed by atoms with Crippen LogP contribution in [0.15, 0.2) is 24.4 Å². The Morgan fingerprint density at radius 2 is 2.18 bits per heavy atom. The SMILES string of the molecule is CCCn1nncc1-c1cc(C)ccc1CN. The third-order valence-corrected chi connectivity index (χ3v) is 2.81. The van der Waals surface area contributed by atoms with Gasteiger partial charge in [-0.15, -0.1) is 5.10 Å². The van der Waals surface area contributed by atoms with E-state index in [4.69, 9.17) is 5.73 Å². The van der Waals surface area contributed by atoms with E-state index in [0.717, 1.165) is 29.8 Å². The average Bonchev–Trinajstić information content (AvgIpc) is 2.77. The van der Waals surface area contributed by atoms with Crippen molar-refractivity contribution in [3.8, 4) is 11.3 Å². The Bertz CT molecular complexity index is 502. The molecule has 0 radical (unpaired) electrons. The van der Waals surface area contributed by atoms with Crippen molar-refractivity contribution in [1.29, 1.82) is 0 Å². The summed E-state index contributed by atoms with van der Waals surface area (Å²) in [5, 5.41) is 8.11. The van der Waals surface area contributed by atoms with Crippen LogP contribution >= 0.6 is 0 Å². The molecule has 1 aromatic heterocycles. The van der Waals surface area contributed by atoms with Gasteiger partial charge in [0.1, 0.15) is 0 Å². The number of rotatable bonds is 4. The lowest BCUT2D eigenvalue weighted by molar-refractivity contribution is 0.584. The first kappa shape index (κ1) is 11.8. The molecule has 0 aliphatic heterocycles. The predicted molar refractivity (Wildman–Crippen MR) is 68.4 cm³/mol. The van der Waals surface area contributed by atoms with Gasteiger partial charge < -0.3 is 5.73 Å². The summed E-state index contributed by atoms with van der Waals surface area (Å²) in [6, 6.07) is 6.31. The maximum Gasteiger partial charge on any atom is 0.0888 e. The summed E-state index contributed by atoms with van der Waals surface area (Å²) < 4.78 is 1.94. The second-order valence-electron chi connectivity index (χ2n) is 4.21. The minimum Gasteiger partial charge on any atom is -0.326 e. The Morgan fingerprint density at radius 1 is 1.35 bits per heavy atom. The zero-order chi connectivity index (χ0) is 12.3. The standard InChI is InChI=1S/C13H18N4/c1-3-6-17-13(9-15-16-17)12-7-10(2)4-5-11(12)8-14/h4-5,7,9H,3,6,8,14H2,1-2H3. The van der Waals surface area contributed by atoms with Gasteiger partial charge in [0.05, 0.1) is 11.9 Å². The van der Waals surface area contributed by atoms with Crippen molar-refractivity contribution in [1.82, 2.24) is 15.0 Å². The predicted octanol–water partition coefficient (Wildman–Crippen LogP) is 2.12. The second kappa shape index (κ2) is 5.10. The van der Waals surface area contributed by atoms with Crippen molar-refractivity contribution in [3.63, 3.8) is 0 Å². The highest BCUT2D eigenvalue weighted by Crippen LogP contribution is 2.24. The van der Waals surface area contributed by atoms with Gasteiger partial charge in [0.25, 0.3) is 0 Å². The van der Waals surface area contributed by atoms with Gasteiger partial charge in [-0.1, -0.05) is 29.8 Å². The monoisotopic (exact) mass is 230 g/mol. The second-order valence-corrected chi connectivity index (χ2v) is 4.21. The largest absolute Gasteiger partial charge is 0.326 e. The number of aromatic nitrogens is 3. The van der Waals surface area contributed by atoms with Crippen LogP contribution in [0.25, 0.3) is 11.3 Å². The smallest absolute Gasteiger partial charge is 0.0888 e. The molecule has 0 aliphatic rings. The van der Waals surface area contributed by atoms with E-state index in [9.17, 15) is 0 Å². The fraction of sp³-hybridized carbons (Fsp3) is 0.385. The van der Waals surface area contributed by atoms with Crippen LogP contribution in [0.3, 0.4) is 0 Å². The first-order valence-electron chi connectivity index (χ1n) is 5.94. The molecule has 4 heteroatoms. The highest BCUT2D eigenvalue weighted by atomic mass is 15.4. The van der Waals surface area contributed by atoms with Crippen LogP contribution in [-0.4, -0.2) is 15.0 Å². The Kier molecular flexibility index (Phi) is 3.54. The van der Waals surface area contributed by atoms with Gasteiger partial charge >= 0.3 is 0 Å². The molecule has 0 atom stereocenters. The Morgan fingerprint density at radius 3 is 2.88 bits per heavy atom. The molecule has 0 amide bonds. The minimum absolute atomic E-state index is 0.535. The van der Waals surface area contributed by atoms with Crippen LogP contribution in [0.1, 0.15) is 24.5 Å². The Labute approximate surface area is 101 Å². The summed E-state index contributed by atoms with van der Waals surface area (Å²) >= 11 is 0. The molecular weight excluding hydrogens is 212 g/mol. The molecule has 1 heterocycles. The molecule has 0 bridgehead atoms. The van der Waals surface area contributed by atoms with Gasteiger partial charge in [-0.2, -0.15) is 0 Å². The molecule has 2 rings (SSSR count). The lowest BCUT2D eigenvalue weighted by Gasteiger charge is -2.10. The van der Waals surface area contributed by atoms with Crippen LogP contribution in [0.5, 0.6) is 0 Å². The first-order valence-corrected chi connectivity index (χ1v) is 5.94. The van der Waals surface area contributed by atoms with E-state index in [1.165, 1.54) is 5.56 Å². The van der Waals surface area contributed by atoms with E-state index < -0.39 is 0 Å². The number of hydrogen-bond acceptors (Lipinski definition) is 3. The average molecular weight is 230 g/mol. The highest BCUT2D eigenvalue weighted by Gasteiger charge is 2.10. The molecule has 0 saturated carbocycles. The van der Waals surface area contributed by atoms with Gasteiger partial charge in [0, 0.05) is 18.7 Å². The summed E-state index contributed by atoms with van der Waals surface area (Å²) in [7, 11) is 0. The number of benzene rings is 1. The van der Waals surface area contributed by atoms with Gasteiger partial charge in [0.2, 0.25) is 0 Å². The van der Waals surface area contributed by atoms with E-state index in [2.05, 4.69) is 42.4 Å². The van der Waals surface area contributed by atoms with E-state index in [1.54, 1.807) is 0 Å². The highest BCUT2D eigenvalue weighted by molar-refractivity contribution is 5.64. The van der Waals surface area contributed by atoms with Crippen molar-refractivity contribution >= 4 is 0 Å². The topological polar surface area (TPSA) is 56.7 Å². The molecule has 2 aromatic rings. The lowest BCUT2D eigenvalue weighted by atomic mass is 10.0. The normalized spacial score (nSPS) is 10.8. The molecular formula is C13H18N4. The van der Waals surface area contributed by atoms with Gasteiger partial charge in [-0.3, -0.25) is 0 Å². The Balaban J connectivity index is 2.51. The van der Waals surface area contributed by atoms with Crippen molar-refractivity contribution in [3.05, 3.63) is 35.5 Å². The molecule has 2 N–H and O–H groups in total. The number of hydrogen-bond donors (Lipinski definition) is 1. The minimum atomic E-state index is 0.535. The molecule has 17 heavy (non-hydrogen) atoms. The third-order valence-electron chi connectivity index (χ3n) is 2.81. The van der Waals surface area contributed by atoms with Crippen molar-refractivity contribution in [2.24, 2.45) is 5.73 Å². The summed E-state index contributed by atoms with van der Waals surface area (Å²) in [5.41, 5.74) is 10.3. The summed E-state index contributed by atoms with van der Waals surface area (Å²) in [4.78, 5) is 0. The summed E-state index contributed by atoms with van der Waals surface area (Å²) in [6.07, 6.45) is 2.85. The molecule has 1 aromatic carbocycles. The molecule has 0 fully saturated rings. The van der Waals surface area contributed by atoms with Crippen molar-refractivity contribution in [2.75, 3.05) is 0 Å². The number of aryl methyl sites for hydroxylation is 2. The lowest BCUT2D eigenvalue weighted by Crippen LogP contribution is -2.05. The van der Waals surface area contributed by atoms with E-state index in [0.29, 0.717) is 6.54 Å². The zero-order valence-corrected chi connectivity index (χ0v) is 10.3. The maximum absolute atomic E-state index is 5.78. The fourth-order valence-corrected chi connectivity index (χ4v) is 1.95. The summed E-state index contributed by atoms with van der Waals surface area (Å²) in [6.45, 7) is 5.63. The maximum atomic E-state index is 5.78. The van der Waals surface area contributed by atoms with Crippen LogP contribution < -0.4 is 5.73 Å². The van der Waals surface area contributed by atoms with Crippen LogP contribution in [-0.2, 0) is 13.1 Å². The fourth-order valence-electron chi connectivity index (χ4n) is 1.95. The van der Waals surface area contributed by atoms with Gasteiger partial charge in [-0.25, -0.2) is 4.68 Å². The molecule has 0 unspecified atom stereocenters. The van der Waals surface area contributed by atoms with E-state index >= 15 is 0 Å². The van der Waals surface area contributed by atoms with Crippen LogP contribution in [0.4, 0.5) is 0 Å². The molecule has 0 saturated heterocycles. The first-order chi connectivity index (χ1) is 8.26. The molecule has 0 aliphatic carbocycles. The quantitative estimate of drug-likeness (QED) is 0.875. The zero-order valence-electron chi connectivity index (χ0n) is 10.3. The van der Waals surface area contributed by atoms with Crippen molar-refractivity contribution in [2.45, 2.75) is 33.4 Å². The van der Waals surface area contributed by atoms with E-state index in [1.807, 2.05) is 10.9 Å². The van der Waals surface area contributed by atoms with Crippen LogP contribution in [0.2, 0.25) is 0 Å². The van der Waals surface area contributed by atoms with E-state index in [-0.39, 0.29) is 0 Å². The van der Waals surface area contributed by atoms with Gasteiger partial charge in [-0.05, 0) is 25.0 Å². The Hall–Kier alpha value is -1.68. The van der Waals surface area contributed by atoms with Crippen LogP contribution in [0, 0.1) is 6.92 Å². The molecule has 0 spiro atoms. The number of nitrogens with two attached hydrogens (primary N) is 1. The molecule has 90 valence electrons. The summed E-state index contributed by atoms with van der Waals surface area (Å²) in [5.74, 6) is 0.